The van der Waals surface area contributed by atoms with Crippen LogP contribution in [0.15, 0.2) is 60.7 Å². The van der Waals surface area contributed by atoms with Crippen molar-refractivity contribution in [3.8, 4) is 0 Å². The van der Waals surface area contributed by atoms with E-state index in [-0.39, 0.29) is 0 Å². The molecule has 20 heavy (non-hydrogen) atoms. The second kappa shape index (κ2) is 6.21. The number of nitrogens with zero attached hydrogens (tertiary/aromatic N) is 1. The zero-order valence-corrected chi connectivity index (χ0v) is 11.7. The van der Waals surface area contributed by atoms with Gasteiger partial charge >= 0.3 is 0 Å². The van der Waals surface area contributed by atoms with Gasteiger partial charge in [0.05, 0.1) is 6.04 Å². The molecule has 1 heterocycles. The van der Waals surface area contributed by atoms with Gasteiger partial charge in [0.2, 0.25) is 0 Å². The molecule has 1 fully saturated rings. The first-order chi connectivity index (χ1) is 9.88. The van der Waals surface area contributed by atoms with Crippen molar-refractivity contribution in [3.05, 3.63) is 71.8 Å². The first kappa shape index (κ1) is 13.3. The van der Waals surface area contributed by atoms with Gasteiger partial charge < -0.3 is 5.11 Å². The summed E-state index contributed by atoms with van der Waals surface area (Å²) in [6, 6.07) is 21.6. The van der Waals surface area contributed by atoms with Crippen LogP contribution >= 0.6 is 0 Å². The molecule has 1 saturated heterocycles. The second-order valence-corrected chi connectivity index (χ2v) is 5.56. The summed E-state index contributed by atoms with van der Waals surface area (Å²) in [6.45, 7) is 2.33. The monoisotopic (exact) mass is 267 g/mol. The Morgan fingerprint density at radius 2 is 1.50 bits per heavy atom. The molecule has 2 aromatic carbocycles. The molecule has 1 unspecified atom stereocenters. The number of hydrogen-bond donors (Lipinski definition) is 1. The van der Waals surface area contributed by atoms with Crippen molar-refractivity contribution in [1.29, 1.82) is 0 Å². The smallest absolute Gasteiger partial charge is 0.0601 e. The Kier molecular flexibility index (Phi) is 4.14. The van der Waals surface area contributed by atoms with E-state index in [0.29, 0.717) is 18.6 Å². The largest absolute Gasteiger partial charge is 0.396 e. The molecule has 0 saturated carbocycles. The Balaban J connectivity index is 1.93. The molecule has 1 aliphatic rings. The van der Waals surface area contributed by atoms with Crippen LogP contribution in [0.25, 0.3) is 0 Å². The summed E-state index contributed by atoms with van der Waals surface area (Å²) in [7, 11) is 0. The number of rotatable bonds is 4. The van der Waals surface area contributed by atoms with Gasteiger partial charge in [0.15, 0.2) is 0 Å². The number of hydrogen-bond acceptors (Lipinski definition) is 2. The predicted octanol–water partition coefficient (Wildman–Crippen LogP) is 3.09. The first-order valence-corrected chi connectivity index (χ1v) is 7.33. The van der Waals surface area contributed by atoms with Gasteiger partial charge in [-0.05, 0) is 30.0 Å². The Morgan fingerprint density at radius 1 is 0.950 bits per heavy atom. The zero-order chi connectivity index (χ0) is 13.8. The molecule has 2 aromatic rings. The quantitative estimate of drug-likeness (QED) is 0.920. The van der Waals surface area contributed by atoms with Crippen LogP contribution < -0.4 is 0 Å². The van der Waals surface area contributed by atoms with Gasteiger partial charge in [-0.25, -0.2) is 0 Å². The van der Waals surface area contributed by atoms with E-state index < -0.39 is 0 Å². The van der Waals surface area contributed by atoms with Gasteiger partial charge in [-0.3, -0.25) is 4.90 Å². The number of likely N-dealkylation sites (tertiary alicyclic amines) is 1. The minimum absolute atomic E-state index is 0.298. The maximum absolute atomic E-state index is 9.38. The summed E-state index contributed by atoms with van der Waals surface area (Å²) in [6.07, 6.45) is 1.09. The van der Waals surface area contributed by atoms with Gasteiger partial charge in [-0.2, -0.15) is 0 Å². The van der Waals surface area contributed by atoms with E-state index in [2.05, 4.69) is 65.6 Å². The van der Waals surface area contributed by atoms with Crippen molar-refractivity contribution in [3.63, 3.8) is 0 Å². The van der Waals surface area contributed by atoms with Crippen LogP contribution in [0.2, 0.25) is 0 Å². The third-order valence-electron chi connectivity index (χ3n) is 4.17. The summed E-state index contributed by atoms with van der Waals surface area (Å²) in [5, 5.41) is 9.38. The van der Waals surface area contributed by atoms with Crippen molar-refractivity contribution in [2.24, 2.45) is 5.92 Å². The number of aliphatic hydroxyl groups is 1. The lowest BCUT2D eigenvalue weighted by molar-refractivity contribution is 0.210. The molecule has 0 aromatic heterocycles. The number of benzene rings is 2. The van der Waals surface area contributed by atoms with Gasteiger partial charge in [-0.1, -0.05) is 60.7 Å². The standard InChI is InChI=1S/C18H21NO/c20-14-15-11-12-19(13-15)18(16-7-3-1-4-8-16)17-9-5-2-6-10-17/h1-10,15,18,20H,11-14H2. The topological polar surface area (TPSA) is 23.5 Å². The Labute approximate surface area is 120 Å². The molecular weight excluding hydrogens is 246 g/mol. The molecule has 0 bridgehead atoms. The molecular formula is C18H21NO. The van der Waals surface area contributed by atoms with Crippen molar-refractivity contribution < 1.29 is 5.11 Å². The van der Waals surface area contributed by atoms with E-state index in [4.69, 9.17) is 0 Å². The maximum Gasteiger partial charge on any atom is 0.0601 e. The Bertz CT molecular complexity index is 486. The fourth-order valence-electron chi connectivity index (χ4n) is 3.13. The predicted molar refractivity (Wildman–Crippen MR) is 81.5 cm³/mol. The van der Waals surface area contributed by atoms with Crippen LogP contribution in [0, 0.1) is 5.92 Å². The minimum atomic E-state index is 0.298. The molecule has 0 aliphatic carbocycles. The number of aliphatic hydroxyl groups excluding tert-OH is 1. The van der Waals surface area contributed by atoms with Crippen molar-refractivity contribution in [2.45, 2.75) is 12.5 Å². The molecule has 0 radical (unpaired) electrons. The van der Waals surface area contributed by atoms with E-state index >= 15 is 0 Å². The van der Waals surface area contributed by atoms with Crippen LogP contribution in [0.5, 0.6) is 0 Å². The van der Waals surface area contributed by atoms with E-state index in [1.165, 1.54) is 11.1 Å². The first-order valence-electron chi connectivity index (χ1n) is 7.33. The van der Waals surface area contributed by atoms with E-state index in [1.54, 1.807) is 0 Å². The highest BCUT2D eigenvalue weighted by Crippen LogP contribution is 2.32. The molecule has 3 rings (SSSR count). The van der Waals surface area contributed by atoms with Crippen LogP contribution in [0.3, 0.4) is 0 Å². The summed E-state index contributed by atoms with van der Waals surface area (Å²) in [4.78, 5) is 2.49. The highest BCUT2D eigenvalue weighted by Gasteiger charge is 2.29. The normalized spacial score (nSPS) is 19.6. The van der Waals surface area contributed by atoms with Gasteiger partial charge in [-0.15, -0.1) is 0 Å². The van der Waals surface area contributed by atoms with Crippen molar-refractivity contribution in [1.82, 2.24) is 4.90 Å². The second-order valence-electron chi connectivity index (χ2n) is 5.56. The lowest BCUT2D eigenvalue weighted by Crippen LogP contribution is -2.28. The third kappa shape index (κ3) is 2.77. The molecule has 1 N–H and O–H groups in total. The highest BCUT2D eigenvalue weighted by atomic mass is 16.3. The molecule has 2 nitrogen and oxygen atoms in total. The highest BCUT2D eigenvalue weighted by molar-refractivity contribution is 5.32. The van der Waals surface area contributed by atoms with Crippen LogP contribution in [-0.2, 0) is 0 Å². The Hall–Kier alpha value is -1.64. The molecule has 0 spiro atoms. The molecule has 1 atom stereocenters. The zero-order valence-electron chi connectivity index (χ0n) is 11.7. The molecule has 2 heteroatoms. The molecule has 0 amide bonds. The fraction of sp³-hybridized carbons (Fsp3) is 0.333. The third-order valence-corrected chi connectivity index (χ3v) is 4.17. The average molecular weight is 267 g/mol. The Morgan fingerprint density at radius 3 is 1.95 bits per heavy atom. The summed E-state index contributed by atoms with van der Waals surface area (Å²) in [5.41, 5.74) is 2.66. The maximum atomic E-state index is 9.38. The van der Waals surface area contributed by atoms with E-state index in [0.717, 1.165) is 19.5 Å². The van der Waals surface area contributed by atoms with Crippen LogP contribution in [-0.4, -0.2) is 29.7 Å². The van der Waals surface area contributed by atoms with E-state index in [1.807, 2.05) is 0 Å². The lowest BCUT2D eigenvalue weighted by Gasteiger charge is -2.29. The van der Waals surface area contributed by atoms with Crippen molar-refractivity contribution in [2.75, 3.05) is 19.7 Å². The molecule has 104 valence electrons. The summed E-state index contributed by atoms with van der Waals surface area (Å²) < 4.78 is 0. The van der Waals surface area contributed by atoms with Crippen LogP contribution in [0.4, 0.5) is 0 Å². The summed E-state index contributed by atoms with van der Waals surface area (Å²) >= 11 is 0. The van der Waals surface area contributed by atoms with Crippen LogP contribution in [0.1, 0.15) is 23.6 Å². The van der Waals surface area contributed by atoms with Gasteiger partial charge in [0.25, 0.3) is 0 Å². The van der Waals surface area contributed by atoms with Gasteiger partial charge in [0, 0.05) is 13.2 Å². The minimum Gasteiger partial charge on any atom is -0.396 e. The SMILES string of the molecule is OCC1CCN(C(c2ccccc2)c2ccccc2)C1. The average Bonchev–Trinajstić information content (AvgIpc) is 2.98. The van der Waals surface area contributed by atoms with Crippen molar-refractivity contribution >= 4 is 0 Å². The summed E-state index contributed by atoms with van der Waals surface area (Å²) in [5.74, 6) is 0.421. The molecule has 1 aliphatic heterocycles. The van der Waals surface area contributed by atoms with Gasteiger partial charge in [0.1, 0.15) is 0 Å². The fourth-order valence-corrected chi connectivity index (χ4v) is 3.13. The lowest BCUT2D eigenvalue weighted by atomic mass is 9.97. The van der Waals surface area contributed by atoms with E-state index in [9.17, 15) is 5.11 Å².